The molecule has 37 heavy (non-hydrogen) atoms. The average molecular weight is 515 g/mol. The third kappa shape index (κ3) is 6.51. The zero-order valence-electron chi connectivity index (χ0n) is 22.5. The van der Waals surface area contributed by atoms with Crippen LogP contribution in [0.15, 0.2) is 24.5 Å². The molecule has 0 aliphatic carbocycles. The van der Waals surface area contributed by atoms with Crippen LogP contribution < -0.4 is 9.64 Å². The molecule has 0 atom stereocenters. The highest BCUT2D eigenvalue weighted by atomic mass is 16.6. The van der Waals surface area contributed by atoms with Crippen molar-refractivity contribution >= 4 is 17.5 Å². The molecule has 0 radical (unpaired) electrons. The van der Waals surface area contributed by atoms with Gasteiger partial charge < -0.3 is 19.3 Å². The molecule has 2 fully saturated rings. The smallest absolute Gasteiger partial charge is 0.410 e. The summed E-state index contributed by atoms with van der Waals surface area (Å²) in [6.07, 6.45) is 5.43. The van der Waals surface area contributed by atoms with E-state index in [1.54, 1.807) is 27.9 Å². The third-order valence-corrected chi connectivity index (χ3v) is 7.01. The fourth-order valence-electron chi connectivity index (χ4n) is 5.08. The van der Waals surface area contributed by atoms with Crippen LogP contribution in [0.3, 0.4) is 0 Å². The molecule has 11 heteroatoms. The Kier molecular flexibility index (Phi) is 7.91. The van der Waals surface area contributed by atoms with Gasteiger partial charge in [0.05, 0.1) is 18.2 Å². The summed E-state index contributed by atoms with van der Waals surface area (Å²) in [5.41, 5.74) is 2.03. The number of aryl methyl sites for hydroxylation is 1. The number of carbonyl (C=O) groups is 1. The summed E-state index contributed by atoms with van der Waals surface area (Å²) < 4.78 is 12.6. The highest BCUT2D eigenvalue weighted by molar-refractivity contribution is 5.82. The van der Waals surface area contributed by atoms with Crippen molar-refractivity contribution in [1.82, 2.24) is 19.6 Å². The summed E-state index contributed by atoms with van der Waals surface area (Å²) in [6.45, 7) is 11.5. The summed E-state index contributed by atoms with van der Waals surface area (Å²) in [5, 5.41) is 15.9. The number of hydrogen-bond donors (Lipinski definition) is 0. The molecule has 1 amide bonds. The number of amides is 1. The lowest BCUT2D eigenvalue weighted by atomic mass is 9.94. The lowest BCUT2D eigenvalue weighted by molar-refractivity contribution is -0.385. The molecule has 1 aromatic heterocycles. The molecular weight excluding hydrogens is 476 g/mol. The van der Waals surface area contributed by atoms with Crippen molar-refractivity contribution in [2.75, 3.05) is 57.8 Å². The van der Waals surface area contributed by atoms with Crippen LogP contribution in [0.2, 0.25) is 0 Å². The minimum atomic E-state index is -0.479. The Hall–Kier alpha value is -3.34. The second-order valence-corrected chi connectivity index (χ2v) is 10.9. The zero-order valence-corrected chi connectivity index (χ0v) is 22.5. The van der Waals surface area contributed by atoms with E-state index in [4.69, 9.17) is 9.47 Å². The molecule has 0 N–H and O–H groups in total. The zero-order chi connectivity index (χ0) is 26.7. The molecule has 2 saturated heterocycles. The van der Waals surface area contributed by atoms with E-state index < -0.39 is 10.5 Å². The first-order chi connectivity index (χ1) is 17.5. The summed E-state index contributed by atoms with van der Waals surface area (Å²) in [7, 11) is 3.30. The molecule has 0 saturated carbocycles. The van der Waals surface area contributed by atoms with Crippen LogP contribution in [0.4, 0.5) is 16.2 Å². The van der Waals surface area contributed by atoms with Crippen molar-refractivity contribution in [3.63, 3.8) is 0 Å². The van der Waals surface area contributed by atoms with Gasteiger partial charge in [0.25, 0.3) is 0 Å². The number of hydrogen-bond acceptors (Lipinski definition) is 8. The Morgan fingerprint density at radius 1 is 1.14 bits per heavy atom. The Morgan fingerprint density at radius 3 is 2.35 bits per heavy atom. The van der Waals surface area contributed by atoms with Gasteiger partial charge in [-0.15, -0.1) is 0 Å². The number of rotatable bonds is 6. The Morgan fingerprint density at radius 2 is 1.81 bits per heavy atom. The number of carbonyl (C=O) groups excluding carboxylic acids is 1. The van der Waals surface area contributed by atoms with Crippen LogP contribution in [-0.4, -0.2) is 89.1 Å². The quantitative estimate of drug-likeness (QED) is 0.424. The van der Waals surface area contributed by atoms with Gasteiger partial charge in [0.2, 0.25) is 0 Å². The Labute approximate surface area is 218 Å². The van der Waals surface area contributed by atoms with Crippen LogP contribution in [0.5, 0.6) is 5.75 Å². The third-order valence-electron chi connectivity index (χ3n) is 7.01. The van der Waals surface area contributed by atoms with Gasteiger partial charge in [-0.3, -0.25) is 19.7 Å². The van der Waals surface area contributed by atoms with Gasteiger partial charge >= 0.3 is 11.8 Å². The molecule has 202 valence electrons. The first-order valence-corrected chi connectivity index (χ1v) is 12.8. The van der Waals surface area contributed by atoms with Crippen molar-refractivity contribution in [2.45, 2.75) is 39.2 Å². The van der Waals surface area contributed by atoms with Crippen molar-refractivity contribution in [3.05, 3.63) is 34.6 Å². The molecule has 0 bridgehead atoms. The number of methoxy groups -OCH3 is 1. The number of piperazine rings is 1. The van der Waals surface area contributed by atoms with Gasteiger partial charge in [0.1, 0.15) is 5.60 Å². The number of nitro benzene ring substituents is 1. The first-order valence-electron chi connectivity index (χ1n) is 12.8. The predicted octanol–water partition coefficient (Wildman–Crippen LogP) is 3.77. The van der Waals surface area contributed by atoms with Gasteiger partial charge in [-0.25, -0.2) is 4.79 Å². The second-order valence-electron chi connectivity index (χ2n) is 10.9. The maximum Gasteiger partial charge on any atom is 0.410 e. The minimum absolute atomic E-state index is 0.0505. The van der Waals surface area contributed by atoms with E-state index in [2.05, 4.69) is 14.9 Å². The minimum Gasteiger partial charge on any atom is -0.490 e. The molecule has 4 rings (SSSR count). The molecule has 3 heterocycles. The van der Waals surface area contributed by atoms with Crippen LogP contribution in [-0.2, 0) is 11.8 Å². The predicted molar refractivity (Wildman–Crippen MR) is 141 cm³/mol. The molecule has 0 spiro atoms. The fourth-order valence-corrected chi connectivity index (χ4v) is 5.08. The summed E-state index contributed by atoms with van der Waals surface area (Å²) in [4.78, 5) is 30.1. The summed E-state index contributed by atoms with van der Waals surface area (Å²) in [6, 6.07) is 3.39. The van der Waals surface area contributed by atoms with E-state index in [9.17, 15) is 14.9 Å². The standard InChI is InChI=1S/C26H38N6O5/c1-26(2,3)37-25(33)31-12-10-29(11-13-31)17-19-6-8-30(9-7-19)22-15-24(36-5)23(32(34)35)14-21(22)20-16-27-28(4)18-20/h14-16,18-19H,6-13,17H2,1-5H3. The largest absolute Gasteiger partial charge is 0.490 e. The molecule has 11 nitrogen and oxygen atoms in total. The summed E-state index contributed by atoms with van der Waals surface area (Å²) in [5.74, 6) is 0.823. The highest BCUT2D eigenvalue weighted by Crippen LogP contribution is 2.41. The number of nitro groups is 1. The van der Waals surface area contributed by atoms with Crippen molar-refractivity contribution in [3.8, 4) is 16.9 Å². The van der Waals surface area contributed by atoms with Crippen LogP contribution in [0, 0.1) is 16.0 Å². The van der Waals surface area contributed by atoms with Gasteiger partial charge in [-0.1, -0.05) is 0 Å². The van der Waals surface area contributed by atoms with E-state index in [1.807, 2.05) is 34.0 Å². The molecule has 2 aliphatic rings. The summed E-state index contributed by atoms with van der Waals surface area (Å²) >= 11 is 0. The Balaban J connectivity index is 1.38. The number of nitrogens with zero attached hydrogens (tertiary/aromatic N) is 6. The van der Waals surface area contributed by atoms with Crippen molar-refractivity contribution in [2.24, 2.45) is 13.0 Å². The normalized spacial score (nSPS) is 17.6. The topological polar surface area (TPSA) is 106 Å². The number of ether oxygens (including phenoxy) is 2. The van der Waals surface area contributed by atoms with Gasteiger partial charge in [0.15, 0.2) is 5.75 Å². The van der Waals surface area contributed by atoms with E-state index in [1.165, 1.54) is 7.11 Å². The van der Waals surface area contributed by atoms with Crippen LogP contribution in [0.25, 0.3) is 11.1 Å². The van der Waals surface area contributed by atoms with E-state index in [-0.39, 0.29) is 17.5 Å². The number of anilines is 1. The highest BCUT2D eigenvalue weighted by Gasteiger charge is 2.30. The molecule has 2 aliphatic heterocycles. The SMILES string of the molecule is COc1cc(N2CCC(CN3CCN(C(=O)OC(C)(C)C)CC3)CC2)c(-c2cnn(C)c2)cc1[N+](=O)[O-]. The monoisotopic (exact) mass is 514 g/mol. The number of aromatic nitrogens is 2. The van der Waals surface area contributed by atoms with E-state index in [0.29, 0.717) is 19.0 Å². The maximum atomic E-state index is 12.3. The van der Waals surface area contributed by atoms with Crippen molar-refractivity contribution in [1.29, 1.82) is 0 Å². The molecule has 1 aromatic carbocycles. The van der Waals surface area contributed by atoms with E-state index in [0.717, 1.165) is 62.4 Å². The Bertz CT molecular complexity index is 1110. The van der Waals surface area contributed by atoms with Gasteiger partial charge in [-0.05, 0) is 39.5 Å². The van der Waals surface area contributed by atoms with Crippen LogP contribution >= 0.6 is 0 Å². The van der Waals surface area contributed by atoms with Crippen LogP contribution in [0.1, 0.15) is 33.6 Å². The van der Waals surface area contributed by atoms with Crippen molar-refractivity contribution < 1.29 is 19.2 Å². The fraction of sp³-hybridized carbons (Fsp3) is 0.615. The lowest BCUT2D eigenvalue weighted by Crippen LogP contribution is -2.51. The number of piperidine rings is 1. The average Bonchev–Trinajstić information content (AvgIpc) is 3.29. The van der Waals surface area contributed by atoms with E-state index >= 15 is 0 Å². The molecule has 2 aromatic rings. The lowest BCUT2D eigenvalue weighted by Gasteiger charge is -2.40. The maximum absolute atomic E-state index is 12.3. The van der Waals surface area contributed by atoms with Gasteiger partial charge in [-0.2, -0.15) is 5.10 Å². The second kappa shape index (κ2) is 11.0. The number of benzene rings is 1. The van der Waals surface area contributed by atoms with Gasteiger partial charge in [0, 0.05) is 88.0 Å². The molecule has 0 unspecified atom stereocenters. The first kappa shape index (κ1) is 26.7. The molecular formula is C26H38N6O5.